The van der Waals surface area contributed by atoms with Crippen molar-refractivity contribution in [1.29, 1.82) is 0 Å². The Hall–Kier alpha value is -1.15. The SMILES string of the molecule is C[N-]C.C[N-]C.Cc1cc2c(-c3ccccc3)cccc2[cH-]1.[Zr+3]. The maximum absolute atomic E-state index is 3.50. The molecule has 23 heavy (non-hydrogen) atoms. The van der Waals surface area contributed by atoms with Crippen LogP contribution in [0.15, 0.2) is 60.7 Å². The molecule has 2 nitrogen and oxygen atoms in total. The molecule has 0 N–H and O–H groups in total. The Kier molecular flexibility index (Phi) is 11.7. The van der Waals surface area contributed by atoms with E-state index in [1.54, 1.807) is 28.2 Å². The maximum atomic E-state index is 3.50. The summed E-state index contributed by atoms with van der Waals surface area (Å²) in [7, 11) is 7.00. The topological polar surface area (TPSA) is 28.2 Å². The summed E-state index contributed by atoms with van der Waals surface area (Å²) < 4.78 is 0. The van der Waals surface area contributed by atoms with Gasteiger partial charge in [0.25, 0.3) is 0 Å². The molecule has 0 aliphatic carbocycles. The van der Waals surface area contributed by atoms with Crippen LogP contribution in [0.25, 0.3) is 32.5 Å². The Labute approximate surface area is 159 Å². The van der Waals surface area contributed by atoms with Gasteiger partial charge in [0.05, 0.1) is 0 Å². The molecule has 0 bridgehead atoms. The van der Waals surface area contributed by atoms with Crippen LogP contribution in [0, 0.1) is 6.92 Å². The Morgan fingerprint density at radius 1 is 0.783 bits per heavy atom. The molecule has 3 aromatic rings. The number of hydrogen-bond acceptors (Lipinski definition) is 0. The fourth-order valence-corrected chi connectivity index (χ4v) is 2.25. The van der Waals surface area contributed by atoms with Crippen LogP contribution in [0.3, 0.4) is 0 Å². The van der Waals surface area contributed by atoms with E-state index in [0.29, 0.717) is 0 Å². The number of fused-ring (bicyclic) bond motifs is 1. The molecule has 0 atom stereocenters. The zero-order valence-electron chi connectivity index (χ0n) is 14.7. The Morgan fingerprint density at radius 3 is 1.91 bits per heavy atom. The smallest absolute Gasteiger partial charge is 0.668 e. The molecule has 0 saturated heterocycles. The van der Waals surface area contributed by atoms with Crippen LogP contribution in [0.4, 0.5) is 0 Å². The minimum atomic E-state index is 0. The van der Waals surface area contributed by atoms with Crippen LogP contribution in [0.5, 0.6) is 0 Å². The third-order valence-electron chi connectivity index (χ3n) is 2.98. The molecule has 0 saturated carbocycles. The van der Waals surface area contributed by atoms with E-state index in [1.807, 2.05) is 0 Å². The third-order valence-corrected chi connectivity index (χ3v) is 2.98. The average molecular weight is 385 g/mol. The molecule has 0 fully saturated rings. The van der Waals surface area contributed by atoms with Gasteiger partial charge in [-0.2, -0.15) is 34.3 Å². The number of nitrogens with zero attached hydrogens (tertiary/aromatic N) is 2. The quantitative estimate of drug-likeness (QED) is 0.476. The van der Waals surface area contributed by atoms with Gasteiger partial charge in [0.1, 0.15) is 0 Å². The fraction of sp³-hybridized carbons (Fsp3) is 0.250. The zero-order valence-corrected chi connectivity index (χ0v) is 17.1. The number of rotatable bonds is 1. The maximum Gasteiger partial charge on any atom is 3.00 e. The van der Waals surface area contributed by atoms with Crippen molar-refractivity contribution in [2.45, 2.75) is 6.92 Å². The van der Waals surface area contributed by atoms with Gasteiger partial charge >= 0.3 is 26.2 Å². The van der Waals surface area contributed by atoms with Gasteiger partial charge in [-0.3, -0.25) is 0 Å². The first kappa shape index (κ1) is 21.9. The first-order valence-corrected chi connectivity index (χ1v) is 7.35. The van der Waals surface area contributed by atoms with Crippen LogP contribution < -0.4 is 0 Å². The first-order chi connectivity index (χ1) is 10.7. The van der Waals surface area contributed by atoms with E-state index in [0.717, 1.165) is 0 Å². The molecule has 0 spiro atoms. The van der Waals surface area contributed by atoms with Gasteiger partial charge < -0.3 is 10.6 Å². The Morgan fingerprint density at radius 2 is 1.35 bits per heavy atom. The van der Waals surface area contributed by atoms with Crippen LogP contribution in [-0.4, -0.2) is 28.2 Å². The van der Waals surface area contributed by atoms with Gasteiger partial charge in [0, 0.05) is 0 Å². The molecule has 1 radical (unpaired) electrons. The van der Waals surface area contributed by atoms with E-state index in [2.05, 4.69) is 78.2 Å². The summed E-state index contributed by atoms with van der Waals surface area (Å²) in [6, 6.07) is 21.6. The molecule has 3 heteroatoms. The molecule has 3 aromatic carbocycles. The minimum absolute atomic E-state index is 0. The predicted molar refractivity (Wildman–Crippen MR) is 100 cm³/mol. The van der Waals surface area contributed by atoms with Crippen molar-refractivity contribution in [3.05, 3.63) is 76.9 Å². The second-order valence-corrected chi connectivity index (χ2v) is 5.10. The van der Waals surface area contributed by atoms with E-state index in [-0.39, 0.29) is 26.2 Å². The standard InChI is InChI=1S/C16H13.2C2H6N.Zr/c1-12-10-14-8-5-9-15(16(14)11-12)13-6-3-2-4-7-13;2*1-3-2;/h2-11H,1H3;2*1-2H3;/q3*-1;+3. The summed E-state index contributed by atoms with van der Waals surface area (Å²) in [6.07, 6.45) is 0. The summed E-state index contributed by atoms with van der Waals surface area (Å²) >= 11 is 0. The average Bonchev–Trinajstić information content (AvgIpc) is 2.90. The molecular weight excluding hydrogens is 359 g/mol. The molecule has 0 aromatic heterocycles. The van der Waals surface area contributed by atoms with Gasteiger partial charge in [-0.1, -0.05) is 48.9 Å². The second kappa shape index (κ2) is 12.3. The molecule has 3 rings (SSSR count). The van der Waals surface area contributed by atoms with Crippen molar-refractivity contribution in [1.82, 2.24) is 0 Å². The minimum Gasteiger partial charge on any atom is -0.668 e. The van der Waals surface area contributed by atoms with Gasteiger partial charge in [0.2, 0.25) is 0 Å². The molecule has 0 aliphatic heterocycles. The van der Waals surface area contributed by atoms with E-state index >= 15 is 0 Å². The Bertz CT molecular complexity index is 658. The van der Waals surface area contributed by atoms with Gasteiger partial charge in [-0.25, -0.2) is 0 Å². The molecule has 0 amide bonds. The monoisotopic (exact) mass is 383 g/mol. The summed E-state index contributed by atoms with van der Waals surface area (Å²) in [5.41, 5.74) is 3.95. The van der Waals surface area contributed by atoms with Gasteiger partial charge in [-0.15, -0.1) is 34.5 Å². The van der Waals surface area contributed by atoms with Crippen LogP contribution in [0.2, 0.25) is 0 Å². The van der Waals surface area contributed by atoms with E-state index < -0.39 is 0 Å². The van der Waals surface area contributed by atoms with Crippen molar-refractivity contribution < 1.29 is 26.2 Å². The summed E-state index contributed by atoms with van der Waals surface area (Å²) in [4.78, 5) is 0. The van der Waals surface area contributed by atoms with E-state index in [4.69, 9.17) is 0 Å². The van der Waals surface area contributed by atoms with Crippen molar-refractivity contribution in [3.8, 4) is 11.1 Å². The third kappa shape index (κ3) is 6.87. The van der Waals surface area contributed by atoms with Crippen LogP contribution >= 0.6 is 0 Å². The second-order valence-electron chi connectivity index (χ2n) is 5.10. The number of aryl methyl sites for hydroxylation is 1. The largest absolute Gasteiger partial charge is 3.00 e. The Balaban J connectivity index is 0.000000610. The summed E-state index contributed by atoms with van der Waals surface area (Å²) in [5.74, 6) is 0. The number of hydrogen-bond donors (Lipinski definition) is 0. The van der Waals surface area contributed by atoms with Crippen LogP contribution in [-0.2, 0) is 26.2 Å². The van der Waals surface area contributed by atoms with E-state index in [9.17, 15) is 0 Å². The van der Waals surface area contributed by atoms with Crippen molar-refractivity contribution >= 4 is 10.8 Å². The van der Waals surface area contributed by atoms with Crippen molar-refractivity contribution in [2.75, 3.05) is 28.2 Å². The molecule has 0 unspecified atom stereocenters. The molecule has 119 valence electrons. The molecule has 0 aliphatic rings. The van der Waals surface area contributed by atoms with Crippen molar-refractivity contribution in [2.24, 2.45) is 0 Å². The van der Waals surface area contributed by atoms with Gasteiger partial charge in [0.15, 0.2) is 0 Å². The molecule has 0 heterocycles. The fourth-order valence-electron chi connectivity index (χ4n) is 2.25. The van der Waals surface area contributed by atoms with E-state index in [1.165, 1.54) is 27.5 Å². The molecular formula is C20H25N2Zr. The van der Waals surface area contributed by atoms with Crippen LogP contribution in [0.1, 0.15) is 5.56 Å². The van der Waals surface area contributed by atoms with Gasteiger partial charge in [-0.05, 0) is 5.56 Å². The summed E-state index contributed by atoms with van der Waals surface area (Å²) in [6.45, 7) is 2.15. The van der Waals surface area contributed by atoms with Crippen molar-refractivity contribution in [3.63, 3.8) is 0 Å². The predicted octanol–water partition coefficient (Wildman–Crippen LogP) is 5.77. The first-order valence-electron chi connectivity index (χ1n) is 7.35. The normalized spacial score (nSPS) is 9.09. The zero-order chi connectivity index (χ0) is 16.4. The number of benzene rings is 2. The summed E-state index contributed by atoms with van der Waals surface area (Å²) in [5, 5.41) is 9.69.